The fraction of sp³-hybridized carbons (Fsp3) is 0.0625. The molecule has 7 rings (SSSR count). The number of ketones is 2. The molecule has 0 N–H and O–H groups in total. The summed E-state index contributed by atoms with van der Waals surface area (Å²) in [6, 6.07) is 29.0. The Morgan fingerprint density at radius 2 is 0.794 bits per heavy atom. The van der Waals surface area contributed by atoms with Gasteiger partial charge in [-0.1, -0.05) is 84.9 Å². The zero-order valence-corrected chi connectivity index (χ0v) is 18.5. The van der Waals surface area contributed by atoms with Gasteiger partial charge in [0, 0.05) is 11.1 Å². The van der Waals surface area contributed by atoms with Crippen LogP contribution in [-0.2, 0) is 22.4 Å². The largest absolute Gasteiger partial charge is 0.289 e. The molecule has 0 unspecified atom stereocenters. The van der Waals surface area contributed by atoms with Crippen molar-refractivity contribution in [2.24, 2.45) is 0 Å². The lowest BCUT2D eigenvalue weighted by Gasteiger charge is -2.20. The van der Waals surface area contributed by atoms with E-state index >= 15 is 0 Å². The molecule has 0 fully saturated rings. The third-order valence-electron chi connectivity index (χ3n) is 7.37. The Hall–Kier alpha value is -4.30. The maximum absolute atomic E-state index is 13.4. The molecule has 4 aromatic carbocycles. The van der Waals surface area contributed by atoms with E-state index in [9.17, 15) is 9.59 Å². The molecule has 0 heterocycles. The molecule has 0 spiro atoms. The summed E-state index contributed by atoms with van der Waals surface area (Å²) in [6.45, 7) is 0. The van der Waals surface area contributed by atoms with Gasteiger partial charge in [0.15, 0.2) is 11.6 Å². The van der Waals surface area contributed by atoms with E-state index in [0.717, 1.165) is 46.2 Å². The average Bonchev–Trinajstić information content (AvgIpc) is 3.44. The van der Waals surface area contributed by atoms with Gasteiger partial charge in [0.05, 0.1) is 0 Å². The van der Waals surface area contributed by atoms with Crippen molar-refractivity contribution in [1.29, 1.82) is 0 Å². The zero-order chi connectivity index (χ0) is 22.8. The van der Waals surface area contributed by atoms with E-state index in [1.165, 1.54) is 34.4 Å². The first-order valence-corrected chi connectivity index (χ1v) is 11.6. The van der Waals surface area contributed by atoms with Crippen LogP contribution in [0.2, 0.25) is 0 Å². The van der Waals surface area contributed by atoms with Crippen LogP contribution in [-0.4, -0.2) is 11.6 Å². The first kappa shape index (κ1) is 19.2. The van der Waals surface area contributed by atoms with E-state index in [1.807, 2.05) is 36.4 Å². The van der Waals surface area contributed by atoms with Crippen molar-refractivity contribution in [2.75, 3.05) is 0 Å². The van der Waals surface area contributed by atoms with Crippen LogP contribution < -0.4 is 0 Å². The highest BCUT2D eigenvalue weighted by atomic mass is 16.1. The smallest absolute Gasteiger partial charge is 0.187 e. The fourth-order valence-electron chi connectivity index (χ4n) is 5.88. The summed E-state index contributed by atoms with van der Waals surface area (Å²) in [5.41, 5.74) is 12.3. The molecule has 0 aromatic heterocycles. The molecular weight excluding hydrogens is 416 g/mol. The van der Waals surface area contributed by atoms with Crippen LogP contribution in [0.15, 0.2) is 97.1 Å². The second-order valence-electron chi connectivity index (χ2n) is 9.14. The first-order chi connectivity index (χ1) is 16.7. The topological polar surface area (TPSA) is 34.1 Å². The molecule has 0 saturated carbocycles. The normalized spacial score (nSPS) is 15.3. The van der Waals surface area contributed by atoms with Gasteiger partial charge in [-0.25, -0.2) is 0 Å². The van der Waals surface area contributed by atoms with Gasteiger partial charge in [-0.3, -0.25) is 9.59 Å². The van der Waals surface area contributed by atoms with Crippen molar-refractivity contribution in [3.8, 4) is 22.3 Å². The van der Waals surface area contributed by atoms with Gasteiger partial charge >= 0.3 is 0 Å². The maximum Gasteiger partial charge on any atom is 0.187 e. The zero-order valence-electron chi connectivity index (χ0n) is 18.5. The standard InChI is InChI=1S/C32H20O2/c33-29-15-16-30(34)32(26-14-6-12-24-22-10-4-2-8-20(22)18-28(24)26)31(29)25-13-5-11-23-21-9-3-1-7-19(21)17-27(23)25/h1-16H,17-18H2. The molecular formula is C32H20O2. The number of carbonyl (C=O) groups is 2. The molecule has 0 bridgehead atoms. The molecule has 0 saturated heterocycles. The summed E-state index contributed by atoms with van der Waals surface area (Å²) in [7, 11) is 0. The quantitative estimate of drug-likeness (QED) is 0.292. The molecule has 0 radical (unpaired) electrons. The lowest BCUT2D eigenvalue weighted by molar-refractivity contribution is -0.112. The van der Waals surface area contributed by atoms with E-state index in [1.54, 1.807) is 0 Å². The van der Waals surface area contributed by atoms with E-state index in [-0.39, 0.29) is 11.6 Å². The molecule has 4 aromatic rings. The van der Waals surface area contributed by atoms with Gasteiger partial charge < -0.3 is 0 Å². The van der Waals surface area contributed by atoms with E-state index < -0.39 is 0 Å². The fourth-order valence-corrected chi connectivity index (χ4v) is 5.88. The van der Waals surface area contributed by atoms with Crippen molar-refractivity contribution in [2.45, 2.75) is 12.8 Å². The Morgan fingerprint density at radius 1 is 0.412 bits per heavy atom. The van der Waals surface area contributed by atoms with Crippen LogP contribution in [0.25, 0.3) is 33.4 Å². The molecule has 34 heavy (non-hydrogen) atoms. The first-order valence-electron chi connectivity index (χ1n) is 11.6. The van der Waals surface area contributed by atoms with Crippen LogP contribution >= 0.6 is 0 Å². The van der Waals surface area contributed by atoms with Crippen molar-refractivity contribution < 1.29 is 9.59 Å². The van der Waals surface area contributed by atoms with Crippen molar-refractivity contribution in [3.05, 3.63) is 130 Å². The molecule has 0 amide bonds. The van der Waals surface area contributed by atoms with Gasteiger partial charge in [-0.2, -0.15) is 0 Å². The van der Waals surface area contributed by atoms with Gasteiger partial charge in [0.1, 0.15) is 0 Å². The number of rotatable bonds is 2. The highest BCUT2D eigenvalue weighted by Crippen LogP contribution is 2.45. The summed E-state index contributed by atoms with van der Waals surface area (Å²) in [5, 5.41) is 0. The second-order valence-corrected chi connectivity index (χ2v) is 9.14. The van der Waals surface area contributed by atoms with Gasteiger partial charge in [0.25, 0.3) is 0 Å². The van der Waals surface area contributed by atoms with Crippen LogP contribution in [0.1, 0.15) is 33.4 Å². The van der Waals surface area contributed by atoms with E-state index in [4.69, 9.17) is 0 Å². The van der Waals surface area contributed by atoms with Crippen molar-refractivity contribution in [1.82, 2.24) is 0 Å². The predicted molar refractivity (Wildman–Crippen MR) is 135 cm³/mol. The molecule has 2 nitrogen and oxygen atoms in total. The third kappa shape index (κ3) is 2.63. The lowest BCUT2D eigenvalue weighted by atomic mass is 9.81. The molecule has 160 valence electrons. The molecule has 2 heteroatoms. The molecule has 3 aliphatic carbocycles. The van der Waals surface area contributed by atoms with E-state index in [0.29, 0.717) is 11.1 Å². The number of carbonyl (C=O) groups excluding carboxylic acids is 2. The highest BCUT2D eigenvalue weighted by molar-refractivity contribution is 6.48. The van der Waals surface area contributed by atoms with Gasteiger partial charge in [-0.05, 0) is 80.6 Å². The molecule has 0 atom stereocenters. The van der Waals surface area contributed by atoms with Crippen LogP contribution in [0.4, 0.5) is 0 Å². The minimum Gasteiger partial charge on any atom is -0.289 e. The number of hydrogen-bond acceptors (Lipinski definition) is 2. The predicted octanol–water partition coefficient (Wildman–Crippen LogP) is 6.45. The van der Waals surface area contributed by atoms with Crippen LogP contribution in [0.3, 0.4) is 0 Å². The number of benzene rings is 4. The second kappa shape index (κ2) is 7.10. The Balaban J connectivity index is 1.49. The highest BCUT2D eigenvalue weighted by Gasteiger charge is 2.32. The Morgan fingerprint density at radius 3 is 1.26 bits per heavy atom. The van der Waals surface area contributed by atoms with Crippen LogP contribution in [0.5, 0.6) is 0 Å². The SMILES string of the molecule is O=C1C=CC(=O)C(c2cccc3c2Cc2ccccc2-3)=C1c1cccc2c1Cc1ccccc1-2. The number of fused-ring (bicyclic) bond motifs is 6. The number of allylic oxidation sites excluding steroid dienone is 4. The molecule has 0 aliphatic heterocycles. The Bertz CT molecular complexity index is 1510. The summed E-state index contributed by atoms with van der Waals surface area (Å²) in [5.74, 6) is -0.209. The van der Waals surface area contributed by atoms with Crippen molar-refractivity contribution >= 4 is 22.7 Å². The average molecular weight is 437 g/mol. The summed E-state index contributed by atoms with van der Waals surface area (Å²) in [6.07, 6.45) is 4.39. The Kier molecular flexibility index (Phi) is 4.01. The maximum atomic E-state index is 13.4. The van der Waals surface area contributed by atoms with Crippen LogP contribution in [0, 0.1) is 0 Å². The minimum absolute atomic E-state index is 0.105. The summed E-state index contributed by atoms with van der Waals surface area (Å²) in [4.78, 5) is 26.8. The monoisotopic (exact) mass is 436 g/mol. The lowest BCUT2D eigenvalue weighted by Crippen LogP contribution is -2.15. The third-order valence-corrected chi connectivity index (χ3v) is 7.37. The van der Waals surface area contributed by atoms with Crippen molar-refractivity contribution in [3.63, 3.8) is 0 Å². The summed E-state index contributed by atoms with van der Waals surface area (Å²) < 4.78 is 0. The van der Waals surface area contributed by atoms with E-state index in [2.05, 4.69) is 48.5 Å². The summed E-state index contributed by atoms with van der Waals surface area (Å²) >= 11 is 0. The van der Waals surface area contributed by atoms with Gasteiger partial charge in [0.2, 0.25) is 0 Å². The Labute approximate surface area is 197 Å². The number of hydrogen-bond donors (Lipinski definition) is 0. The molecule has 3 aliphatic rings. The van der Waals surface area contributed by atoms with Gasteiger partial charge in [-0.15, -0.1) is 0 Å². The minimum atomic E-state index is -0.105.